The number of benzene rings is 2. The molecule has 1 aliphatic carbocycles. The summed E-state index contributed by atoms with van der Waals surface area (Å²) in [5.74, 6) is 0.348. The lowest BCUT2D eigenvalue weighted by atomic mass is 9.72. The van der Waals surface area contributed by atoms with Gasteiger partial charge in [0.15, 0.2) is 5.16 Å². The van der Waals surface area contributed by atoms with Crippen molar-refractivity contribution in [1.29, 1.82) is 0 Å². The molecule has 5 nitrogen and oxygen atoms in total. The van der Waals surface area contributed by atoms with Crippen LogP contribution in [0.2, 0.25) is 0 Å². The normalized spacial score (nSPS) is 15.1. The Morgan fingerprint density at radius 2 is 1.89 bits per heavy atom. The first kappa shape index (κ1) is 17.8. The second-order valence-electron chi connectivity index (χ2n) is 6.96. The Balaban J connectivity index is 1.42. The molecule has 4 rings (SSSR count). The fraction of sp³-hybridized carbons (Fsp3) is 0.286. The van der Waals surface area contributed by atoms with Gasteiger partial charge in [0.2, 0.25) is 5.91 Å². The summed E-state index contributed by atoms with van der Waals surface area (Å²) >= 11 is 1.41. The third kappa shape index (κ3) is 3.76. The molecule has 6 heteroatoms. The standard InChI is InChI=1S/C21H22N4OS/c1-16-8-10-18(11-9-16)25-15-22-24-20(25)27-14-19(26)23-21(12-5-13-21)17-6-3-2-4-7-17/h2-4,6-11,15H,5,12-14H2,1H3,(H,23,26). The highest BCUT2D eigenvalue weighted by atomic mass is 32.2. The van der Waals surface area contributed by atoms with Crippen molar-refractivity contribution in [1.82, 2.24) is 20.1 Å². The van der Waals surface area contributed by atoms with Crippen LogP contribution in [0, 0.1) is 6.92 Å². The topological polar surface area (TPSA) is 59.8 Å². The van der Waals surface area contributed by atoms with Gasteiger partial charge < -0.3 is 5.32 Å². The average Bonchev–Trinajstić information content (AvgIpc) is 3.13. The van der Waals surface area contributed by atoms with E-state index in [2.05, 4.69) is 46.7 Å². The summed E-state index contributed by atoms with van der Waals surface area (Å²) in [5.41, 5.74) is 3.18. The van der Waals surface area contributed by atoms with E-state index in [0.29, 0.717) is 5.75 Å². The van der Waals surface area contributed by atoms with Crippen LogP contribution in [0.3, 0.4) is 0 Å². The lowest BCUT2D eigenvalue weighted by Gasteiger charge is -2.43. The van der Waals surface area contributed by atoms with Gasteiger partial charge in [-0.1, -0.05) is 59.8 Å². The molecule has 0 saturated heterocycles. The molecular formula is C21H22N4OS. The second kappa shape index (κ2) is 7.56. The molecule has 1 N–H and O–H groups in total. The third-order valence-electron chi connectivity index (χ3n) is 5.07. The Morgan fingerprint density at radius 1 is 1.15 bits per heavy atom. The number of aryl methyl sites for hydroxylation is 1. The van der Waals surface area contributed by atoms with Crippen molar-refractivity contribution in [3.05, 3.63) is 72.1 Å². The number of hydrogen-bond donors (Lipinski definition) is 1. The lowest BCUT2D eigenvalue weighted by Crippen LogP contribution is -2.51. The molecule has 27 heavy (non-hydrogen) atoms. The van der Waals surface area contributed by atoms with E-state index in [1.165, 1.54) is 22.9 Å². The molecule has 0 radical (unpaired) electrons. The molecule has 1 amide bonds. The molecule has 1 aliphatic rings. The van der Waals surface area contributed by atoms with E-state index < -0.39 is 0 Å². The Labute approximate surface area is 163 Å². The monoisotopic (exact) mass is 378 g/mol. The molecule has 138 valence electrons. The minimum absolute atomic E-state index is 0.0296. The predicted octanol–water partition coefficient (Wildman–Crippen LogP) is 3.86. The number of nitrogens with one attached hydrogen (secondary N) is 1. The number of rotatable bonds is 6. The number of nitrogens with zero attached hydrogens (tertiary/aromatic N) is 3. The zero-order valence-electron chi connectivity index (χ0n) is 15.3. The number of thioether (sulfide) groups is 1. The first-order valence-corrected chi connectivity index (χ1v) is 10.1. The van der Waals surface area contributed by atoms with E-state index in [4.69, 9.17) is 0 Å². The molecule has 0 atom stereocenters. The number of hydrogen-bond acceptors (Lipinski definition) is 4. The van der Waals surface area contributed by atoms with Crippen LogP contribution in [-0.4, -0.2) is 26.4 Å². The third-order valence-corrected chi connectivity index (χ3v) is 6.02. The number of aromatic nitrogens is 3. The van der Waals surface area contributed by atoms with E-state index in [9.17, 15) is 4.79 Å². The van der Waals surface area contributed by atoms with Crippen LogP contribution in [0.15, 0.2) is 66.1 Å². The predicted molar refractivity (Wildman–Crippen MR) is 107 cm³/mol. The molecule has 1 heterocycles. The Morgan fingerprint density at radius 3 is 2.56 bits per heavy atom. The van der Waals surface area contributed by atoms with Gasteiger partial charge in [0, 0.05) is 5.69 Å². The molecule has 0 spiro atoms. The van der Waals surface area contributed by atoms with Crippen molar-refractivity contribution in [3.8, 4) is 5.69 Å². The quantitative estimate of drug-likeness (QED) is 0.662. The fourth-order valence-electron chi connectivity index (χ4n) is 3.41. The SMILES string of the molecule is Cc1ccc(-n2cnnc2SCC(=O)NC2(c3ccccc3)CCC2)cc1. The number of amides is 1. The van der Waals surface area contributed by atoms with Crippen LogP contribution in [0.1, 0.15) is 30.4 Å². The molecule has 3 aromatic rings. The van der Waals surface area contributed by atoms with Gasteiger partial charge in [-0.25, -0.2) is 0 Å². The van der Waals surface area contributed by atoms with Crippen molar-refractivity contribution >= 4 is 17.7 Å². The van der Waals surface area contributed by atoms with Gasteiger partial charge in [-0.15, -0.1) is 10.2 Å². The average molecular weight is 379 g/mol. The summed E-state index contributed by atoms with van der Waals surface area (Å²) in [6.45, 7) is 2.05. The van der Waals surface area contributed by atoms with Crippen molar-refractivity contribution < 1.29 is 4.79 Å². The van der Waals surface area contributed by atoms with Gasteiger partial charge in [-0.05, 0) is 43.9 Å². The molecule has 0 bridgehead atoms. The maximum Gasteiger partial charge on any atom is 0.231 e. The van der Waals surface area contributed by atoms with Crippen LogP contribution < -0.4 is 5.32 Å². The fourth-order valence-corrected chi connectivity index (χ4v) is 4.14. The molecule has 1 fully saturated rings. The summed E-state index contributed by atoms with van der Waals surface area (Å²) < 4.78 is 1.91. The van der Waals surface area contributed by atoms with Gasteiger partial charge in [-0.3, -0.25) is 9.36 Å². The van der Waals surface area contributed by atoms with Crippen LogP contribution in [0.4, 0.5) is 0 Å². The van der Waals surface area contributed by atoms with E-state index in [1.807, 2.05) is 34.9 Å². The molecule has 1 aromatic heterocycles. The maximum atomic E-state index is 12.6. The summed E-state index contributed by atoms with van der Waals surface area (Å²) in [6.07, 6.45) is 4.81. The van der Waals surface area contributed by atoms with Crippen molar-refractivity contribution in [2.24, 2.45) is 0 Å². The van der Waals surface area contributed by atoms with E-state index in [0.717, 1.165) is 30.1 Å². The molecule has 2 aromatic carbocycles. The van der Waals surface area contributed by atoms with Crippen molar-refractivity contribution in [2.75, 3.05) is 5.75 Å². The first-order chi connectivity index (χ1) is 13.2. The van der Waals surface area contributed by atoms with Crippen molar-refractivity contribution in [3.63, 3.8) is 0 Å². The second-order valence-corrected chi connectivity index (χ2v) is 7.90. The van der Waals surface area contributed by atoms with Gasteiger partial charge in [0.1, 0.15) is 6.33 Å². The Kier molecular flexibility index (Phi) is 4.99. The highest BCUT2D eigenvalue weighted by Gasteiger charge is 2.39. The van der Waals surface area contributed by atoms with Crippen LogP contribution in [-0.2, 0) is 10.3 Å². The maximum absolute atomic E-state index is 12.6. The molecular weight excluding hydrogens is 356 g/mol. The summed E-state index contributed by atoms with van der Waals surface area (Å²) in [4.78, 5) is 12.6. The van der Waals surface area contributed by atoms with Gasteiger partial charge >= 0.3 is 0 Å². The largest absolute Gasteiger partial charge is 0.346 e. The zero-order chi connectivity index (χ0) is 18.7. The number of carbonyl (C=O) groups is 1. The highest BCUT2D eigenvalue weighted by molar-refractivity contribution is 7.99. The smallest absolute Gasteiger partial charge is 0.231 e. The zero-order valence-corrected chi connectivity index (χ0v) is 16.1. The van der Waals surface area contributed by atoms with E-state index >= 15 is 0 Å². The number of carbonyl (C=O) groups excluding carboxylic acids is 1. The first-order valence-electron chi connectivity index (χ1n) is 9.13. The summed E-state index contributed by atoms with van der Waals surface area (Å²) in [5, 5.41) is 12.2. The van der Waals surface area contributed by atoms with Gasteiger partial charge in [0.25, 0.3) is 0 Å². The van der Waals surface area contributed by atoms with Crippen LogP contribution in [0.25, 0.3) is 5.69 Å². The summed E-state index contributed by atoms with van der Waals surface area (Å²) in [6, 6.07) is 18.4. The van der Waals surface area contributed by atoms with E-state index in [-0.39, 0.29) is 11.4 Å². The lowest BCUT2D eigenvalue weighted by molar-refractivity contribution is -0.121. The highest BCUT2D eigenvalue weighted by Crippen LogP contribution is 2.41. The minimum atomic E-state index is -0.205. The molecule has 1 saturated carbocycles. The minimum Gasteiger partial charge on any atom is -0.346 e. The van der Waals surface area contributed by atoms with Crippen molar-refractivity contribution in [2.45, 2.75) is 36.9 Å². The van der Waals surface area contributed by atoms with Gasteiger partial charge in [-0.2, -0.15) is 0 Å². The van der Waals surface area contributed by atoms with Crippen LogP contribution in [0.5, 0.6) is 0 Å². The van der Waals surface area contributed by atoms with Crippen LogP contribution >= 0.6 is 11.8 Å². The molecule has 0 unspecified atom stereocenters. The summed E-state index contributed by atoms with van der Waals surface area (Å²) in [7, 11) is 0. The Hall–Kier alpha value is -2.60. The Bertz CT molecular complexity index is 917. The van der Waals surface area contributed by atoms with Gasteiger partial charge in [0.05, 0.1) is 11.3 Å². The van der Waals surface area contributed by atoms with E-state index in [1.54, 1.807) is 6.33 Å². The molecule has 0 aliphatic heterocycles.